The molecule has 0 saturated carbocycles. The summed E-state index contributed by atoms with van der Waals surface area (Å²) >= 11 is 1.76. The van der Waals surface area contributed by atoms with E-state index >= 15 is 0 Å². The van der Waals surface area contributed by atoms with E-state index in [-0.39, 0.29) is 18.2 Å². The van der Waals surface area contributed by atoms with Gasteiger partial charge in [-0.05, 0) is 48.3 Å². The smallest absolute Gasteiger partial charge is 0.178 e. The summed E-state index contributed by atoms with van der Waals surface area (Å²) in [4.78, 5) is 7.45. The number of ether oxygens (including phenoxy) is 1. The van der Waals surface area contributed by atoms with Crippen LogP contribution in [0.15, 0.2) is 52.7 Å². The molecule has 0 aliphatic heterocycles. The molecule has 3 aromatic rings. The second-order valence-electron chi connectivity index (χ2n) is 6.55. The van der Waals surface area contributed by atoms with Crippen LogP contribution in [0.2, 0.25) is 0 Å². The Balaban J connectivity index is 0.00000300. The molecule has 1 N–H and O–H groups in total. The topological polar surface area (TPSA) is 62.4 Å². The summed E-state index contributed by atoms with van der Waals surface area (Å²) in [7, 11) is -1.68. The van der Waals surface area contributed by atoms with Crippen LogP contribution in [0.1, 0.15) is 24.4 Å². The molecule has 0 atom stereocenters. The van der Waals surface area contributed by atoms with E-state index < -0.39 is 9.84 Å². The number of H-pyrrole nitrogens is 1. The van der Waals surface area contributed by atoms with Crippen molar-refractivity contribution in [2.24, 2.45) is 0 Å². The van der Waals surface area contributed by atoms with E-state index in [1.54, 1.807) is 43.6 Å². The average molecular weight is 455 g/mol. The third-order valence-corrected chi connectivity index (χ3v) is 7.34. The summed E-state index contributed by atoms with van der Waals surface area (Å²) in [6.07, 6.45) is 0. The van der Waals surface area contributed by atoms with Crippen molar-refractivity contribution >= 4 is 33.6 Å². The van der Waals surface area contributed by atoms with E-state index in [1.165, 1.54) is 4.88 Å². The van der Waals surface area contributed by atoms with Crippen LogP contribution in [-0.2, 0) is 22.9 Å². The van der Waals surface area contributed by atoms with Gasteiger partial charge in [0.25, 0.3) is 0 Å². The third kappa shape index (κ3) is 5.63. The number of aromatic amines is 1. The zero-order chi connectivity index (χ0) is 20.1. The van der Waals surface area contributed by atoms with E-state index in [0.29, 0.717) is 10.6 Å². The summed E-state index contributed by atoms with van der Waals surface area (Å²) in [5.41, 5.74) is 2.69. The highest BCUT2D eigenvalue weighted by Gasteiger charge is 2.17. The summed E-state index contributed by atoms with van der Waals surface area (Å²) in [5, 5.41) is 2.10. The average Bonchev–Trinajstić information content (AvgIpc) is 3.39. The molecule has 3 rings (SSSR count). The number of halogens is 1. The minimum Gasteiger partial charge on any atom is -0.496 e. The number of nitrogens with one attached hydrogen (secondary N) is 1. The molecule has 0 spiro atoms. The van der Waals surface area contributed by atoms with Crippen molar-refractivity contribution in [3.8, 4) is 17.0 Å². The van der Waals surface area contributed by atoms with Crippen molar-refractivity contribution in [3.63, 3.8) is 0 Å². The zero-order valence-corrected chi connectivity index (χ0v) is 19.3. The largest absolute Gasteiger partial charge is 0.496 e. The molecule has 0 fully saturated rings. The number of thiophene rings is 1. The first-order chi connectivity index (χ1) is 13.5. The molecule has 2 aromatic heterocycles. The Morgan fingerprint density at radius 1 is 1.10 bits per heavy atom. The summed E-state index contributed by atoms with van der Waals surface area (Å²) < 4.78 is 30.0. The Labute approximate surface area is 183 Å². The lowest BCUT2D eigenvalue weighted by molar-refractivity contribution is 0.271. The monoisotopic (exact) mass is 454 g/mol. The van der Waals surface area contributed by atoms with Gasteiger partial charge in [0.2, 0.25) is 0 Å². The second-order valence-corrected chi connectivity index (χ2v) is 9.86. The molecule has 5 nitrogen and oxygen atoms in total. The highest BCUT2D eigenvalue weighted by atomic mass is 35.5. The molecular formula is C21H27ClN2O3S2. The lowest BCUT2D eigenvalue weighted by Crippen LogP contribution is -2.21. The first kappa shape index (κ1) is 23.5. The van der Waals surface area contributed by atoms with Gasteiger partial charge in [-0.1, -0.05) is 19.9 Å². The van der Waals surface area contributed by atoms with E-state index in [2.05, 4.69) is 34.3 Å². The number of aromatic nitrogens is 1. The lowest BCUT2D eigenvalue weighted by atomic mass is 10.1. The SMILES string of the molecule is CCN(Cc1ccc(-c2cc(S(=O)(=O)CC)ccc2OC)[nH]1)Cc1cccs1.Cl. The van der Waals surface area contributed by atoms with Crippen LogP contribution in [0, 0.1) is 0 Å². The minimum atomic E-state index is -3.28. The van der Waals surface area contributed by atoms with Gasteiger partial charge in [-0.25, -0.2) is 8.42 Å². The number of sulfone groups is 1. The van der Waals surface area contributed by atoms with Gasteiger partial charge in [0.15, 0.2) is 9.84 Å². The van der Waals surface area contributed by atoms with E-state index in [4.69, 9.17) is 4.74 Å². The molecule has 0 bridgehead atoms. The highest BCUT2D eigenvalue weighted by Crippen LogP contribution is 2.32. The van der Waals surface area contributed by atoms with Crippen molar-refractivity contribution in [2.45, 2.75) is 31.8 Å². The first-order valence-corrected chi connectivity index (χ1v) is 11.8. The second kappa shape index (κ2) is 10.3. The Bertz CT molecular complexity index is 1010. The quantitative estimate of drug-likeness (QED) is 0.494. The predicted octanol–water partition coefficient (Wildman–Crippen LogP) is 4.99. The van der Waals surface area contributed by atoms with E-state index in [9.17, 15) is 8.42 Å². The van der Waals surface area contributed by atoms with E-state index in [0.717, 1.165) is 36.6 Å². The molecule has 0 saturated heterocycles. The van der Waals surface area contributed by atoms with Gasteiger partial charge >= 0.3 is 0 Å². The maximum absolute atomic E-state index is 12.3. The van der Waals surface area contributed by atoms with Crippen molar-refractivity contribution in [2.75, 3.05) is 19.4 Å². The van der Waals surface area contributed by atoms with Gasteiger partial charge in [0.1, 0.15) is 5.75 Å². The predicted molar refractivity (Wildman–Crippen MR) is 122 cm³/mol. The number of benzene rings is 1. The molecule has 1 aromatic carbocycles. The van der Waals surface area contributed by atoms with Gasteiger partial charge in [-0.3, -0.25) is 4.90 Å². The van der Waals surface area contributed by atoms with Crippen LogP contribution in [0.3, 0.4) is 0 Å². The van der Waals surface area contributed by atoms with Crippen LogP contribution in [-0.4, -0.2) is 37.7 Å². The number of nitrogens with zero attached hydrogens (tertiary/aromatic N) is 1. The normalized spacial score (nSPS) is 11.4. The lowest BCUT2D eigenvalue weighted by Gasteiger charge is -2.18. The fraction of sp³-hybridized carbons (Fsp3) is 0.333. The Kier molecular flexibility index (Phi) is 8.34. The molecule has 29 heavy (non-hydrogen) atoms. The summed E-state index contributed by atoms with van der Waals surface area (Å²) in [6.45, 7) is 6.46. The van der Waals surface area contributed by atoms with Crippen LogP contribution in [0.25, 0.3) is 11.3 Å². The maximum Gasteiger partial charge on any atom is 0.178 e. The van der Waals surface area contributed by atoms with Gasteiger partial charge in [-0.15, -0.1) is 23.7 Å². The number of hydrogen-bond donors (Lipinski definition) is 1. The van der Waals surface area contributed by atoms with Crippen LogP contribution in [0.4, 0.5) is 0 Å². The van der Waals surface area contributed by atoms with E-state index in [1.807, 2.05) is 12.1 Å². The molecule has 0 aliphatic carbocycles. The van der Waals surface area contributed by atoms with Crippen molar-refractivity contribution in [1.82, 2.24) is 9.88 Å². The fourth-order valence-electron chi connectivity index (χ4n) is 3.09. The molecule has 0 amide bonds. The van der Waals surface area contributed by atoms with Crippen molar-refractivity contribution < 1.29 is 13.2 Å². The molecule has 0 radical (unpaired) electrons. The van der Waals surface area contributed by atoms with Crippen molar-refractivity contribution in [1.29, 1.82) is 0 Å². The third-order valence-electron chi connectivity index (χ3n) is 4.75. The number of methoxy groups -OCH3 is 1. The molecule has 0 unspecified atom stereocenters. The summed E-state index contributed by atoms with van der Waals surface area (Å²) in [5.74, 6) is 0.720. The van der Waals surface area contributed by atoms with Gasteiger partial charge in [-0.2, -0.15) is 0 Å². The molecular weight excluding hydrogens is 428 g/mol. The Morgan fingerprint density at radius 3 is 2.52 bits per heavy atom. The maximum atomic E-state index is 12.3. The van der Waals surface area contributed by atoms with Gasteiger partial charge < -0.3 is 9.72 Å². The highest BCUT2D eigenvalue weighted by molar-refractivity contribution is 7.91. The van der Waals surface area contributed by atoms with Crippen LogP contribution in [0.5, 0.6) is 5.75 Å². The summed E-state index contributed by atoms with van der Waals surface area (Å²) in [6, 6.07) is 13.3. The molecule has 8 heteroatoms. The Hall–Kier alpha value is -1.80. The zero-order valence-electron chi connectivity index (χ0n) is 16.8. The molecule has 0 aliphatic rings. The van der Waals surface area contributed by atoms with Crippen LogP contribution < -0.4 is 4.74 Å². The fourth-order valence-corrected chi connectivity index (χ4v) is 4.74. The number of rotatable bonds is 9. The van der Waals surface area contributed by atoms with Gasteiger partial charge in [0.05, 0.1) is 17.8 Å². The minimum absolute atomic E-state index is 0. The van der Waals surface area contributed by atoms with Crippen LogP contribution >= 0.6 is 23.7 Å². The molecule has 2 heterocycles. The van der Waals surface area contributed by atoms with Crippen molar-refractivity contribution in [3.05, 3.63) is 58.4 Å². The van der Waals surface area contributed by atoms with Gasteiger partial charge in [0, 0.05) is 34.9 Å². The Morgan fingerprint density at radius 2 is 1.90 bits per heavy atom. The number of hydrogen-bond acceptors (Lipinski definition) is 5. The standard InChI is InChI=1S/C21H26N2O3S2.ClH/c1-4-23(15-17-7-6-12-27-17)14-16-8-10-20(22-16)19-13-18(28(24,25)5-2)9-11-21(19)26-3;/h6-13,22H,4-5,14-15H2,1-3H3;1H. The first-order valence-electron chi connectivity index (χ1n) is 9.30. The molecule has 158 valence electrons.